The van der Waals surface area contributed by atoms with E-state index in [1.165, 1.54) is 12.8 Å². The second-order valence-electron chi connectivity index (χ2n) is 6.64. The van der Waals surface area contributed by atoms with Gasteiger partial charge in [0.25, 0.3) is 0 Å². The maximum atomic E-state index is 12.5. The molecule has 3 aliphatic rings. The molecule has 0 saturated heterocycles. The van der Waals surface area contributed by atoms with Crippen LogP contribution in [0.5, 0.6) is 0 Å². The van der Waals surface area contributed by atoms with Gasteiger partial charge >= 0.3 is 5.97 Å². The van der Waals surface area contributed by atoms with E-state index in [9.17, 15) is 14.7 Å². The predicted octanol–water partition coefficient (Wildman–Crippen LogP) is 2.28. The number of likely N-dealkylation sites (N-methyl/N-ethyl adjacent to an activating group) is 1. The Bertz CT molecular complexity index is 396. The largest absolute Gasteiger partial charge is 0.479 e. The van der Waals surface area contributed by atoms with Crippen LogP contribution in [0.3, 0.4) is 0 Å². The number of carboxylic acid groups (broad SMARTS) is 1. The molecule has 0 aliphatic heterocycles. The van der Waals surface area contributed by atoms with Crippen LogP contribution in [0.4, 0.5) is 0 Å². The van der Waals surface area contributed by atoms with Gasteiger partial charge in [0.15, 0.2) is 0 Å². The number of carbonyl (C=O) groups excluding carboxylic acids is 1. The highest BCUT2D eigenvalue weighted by Crippen LogP contribution is 2.55. The molecule has 0 spiro atoms. The first-order chi connectivity index (χ1) is 9.06. The van der Waals surface area contributed by atoms with Crippen LogP contribution in [0.2, 0.25) is 0 Å². The van der Waals surface area contributed by atoms with E-state index in [0.717, 1.165) is 31.6 Å². The minimum atomic E-state index is -0.925. The highest BCUT2D eigenvalue weighted by Gasteiger charge is 2.55. The molecule has 2 atom stereocenters. The lowest BCUT2D eigenvalue weighted by Crippen LogP contribution is -2.56. The molecule has 3 aliphatic carbocycles. The minimum Gasteiger partial charge on any atom is -0.479 e. The summed E-state index contributed by atoms with van der Waals surface area (Å²) in [6, 6.07) is 0. The fourth-order valence-corrected chi connectivity index (χ4v) is 3.83. The van der Waals surface area contributed by atoms with Gasteiger partial charge in [-0.1, -0.05) is 19.3 Å². The van der Waals surface area contributed by atoms with Crippen molar-refractivity contribution < 1.29 is 14.7 Å². The molecule has 0 bridgehead atoms. The molecule has 4 nitrogen and oxygen atoms in total. The average molecular weight is 265 g/mol. The van der Waals surface area contributed by atoms with Crippen molar-refractivity contribution in [2.24, 2.45) is 17.8 Å². The molecule has 3 saturated carbocycles. The van der Waals surface area contributed by atoms with Crippen molar-refractivity contribution in [3.63, 3.8) is 0 Å². The molecule has 2 unspecified atom stereocenters. The number of hydrogen-bond acceptors (Lipinski definition) is 2. The van der Waals surface area contributed by atoms with Crippen molar-refractivity contribution >= 4 is 11.9 Å². The van der Waals surface area contributed by atoms with Gasteiger partial charge in [-0.25, -0.2) is 4.79 Å². The van der Waals surface area contributed by atoms with E-state index in [4.69, 9.17) is 0 Å². The first kappa shape index (κ1) is 12.9. The van der Waals surface area contributed by atoms with Crippen molar-refractivity contribution in [1.29, 1.82) is 0 Å². The van der Waals surface area contributed by atoms with Crippen molar-refractivity contribution in [2.45, 2.75) is 56.9 Å². The summed E-state index contributed by atoms with van der Waals surface area (Å²) in [7, 11) is 1.71. The third kappa shape index (κ3) is 2.15. The van der Waals surface area contributed by atoms with E-state index in [0.29, 0.717) is 18.8 Å². The maximum Gasteiger partial charge on any atom is 0.329 e. The third-order valence-corrected chi connectivity index (χ3v) is 5.44. The summed E-state index contributed by atoms with van der Waals surface area (Å²) >= 11 is 0. The zero-order valence-electron chi connectivity index (χ0n) is 11.6. The SMILES string of the molecule is CN(C(=O)C1CC1C1CC1)C1(C(=O)O)CCCCC1. The van der Waals surface area contributed by atoms with Gasteiger partial charge in [-0.3, -0.25) is 4.79 Å². The summed E-state index contributed by atoms with van der Waals surface area (Å²) in [5, 5.41) is 9.60. The molecule has 1 amide bonds. The van der Waals surface area contributed by atoms with Crippen LogP contribution < -0.4 is 0 Å². The number of rotatable bonds is 4. The summed E-state index contributed by atoms with van der Waals surface area (Å²) in [6.45, 7) is 0. The van der Waals surface area contributed by atoms with Crippen LogP contribution in [0.15, 0.2) is 0 Å². The van der Waals surface area contributed by atoms with E-state index in [1.54, 1.807) is 11.9 Å². The van der Waals surface area contributed by atoms with E-state index < -0.39 is 11.5 Å². The van der Waals surface area contributed by atoms with E-state index in [2.05, 4.69) is 0 Å². The normalized spacial score (nSPS) is 32.7. The lowest BCUT2D eigenvalue weighted by atomic mass is 9.80. The first-order valence-electron chi connectivity index (χ1n) is 7.57. The molecule has 3 fully saturated rings. The summed E-state index contributed by atoms with van der Waals surface area (Å²) in [6.07, 6.45) is 7.68. The second-order valence-corrected chi connectivity index (χ2v) is 6.64. The van der Waals surface area contributed by atoms with E-state index >= 15 is 0 Å². The molecule has 1 N–H and O–H groups in total. The maximum absolute atomic E-state index is 12.5. The number of carbonyl (C=O) groups is 2. The molecule has 3 rings (SSSR count). The van der Waals surface area contributed by atoms with Gasteiger partial charge in [-0.05, 0) is 43.9 Å². The first-order valence-corrected chi connectivity index (χ1v) is 7.57. The monoisotopic (exact) mass is 265 g/mol. The van der Waals surface area contributed by atoms with Gasteiger partial charge in [-0.15, -0.1) is 0 Å². The van der Waals surface area contributed by atoms with Gasteiger partial charge in [-0.2, -0.15) is 0 Å². The molecule has 0 aromatic rings. The highest BCUT2D eigenvalue weighted by atomic mass is 16.4. The number of aliphatic carboxylic acids is 1. The van der Waals surface area contributed by atoms with Crippen molar-refractivity contribution in [3.8, 4) is 0 Å². The van der Waals surface area contributed by atoms with Crippen LogP contribution in [0, 0.1) is 17.8 Å². The Labute approximate surface area is 114 Å². The molecule has 19 heavy (non-hydrogen) atoms. The van der Waals surface area contributed by atoms with Crippen LogP contribution in [-0.2, 0) is 9.59 Å². The zero-order valence-corrected chi connectivity index (χ0v) is 11.6. The summed E-state index contributed by atoms with van der Waals surface area (Å²) in [5.41, 5.74) is -0.925. The van der Waals surface area contributed by atoms with Gasteiger partial charge in [0.2, 0.25) is 5.91 Å². The smallest absolute Gasteiger partial charge is 0.329 e. The van der Waals surface area contributed by atoms with Crippen LogP contribution in [-0.4, -0.2) is 34.5 Å². The van der Waals surface area contributed by atoms with Crippen molar-refractivity contribution in [1.82, 2.24) is 4.90 Å². The molecular weight excluding hydrogens is 242 g/mol. The van der Waals surface area contributed by atoms with Gasteiger partial charge in [0.1, 0.15) is 5.54 Å². The van der Waals surface area contributed by atoms with Crippen LogP contribution in [0.25, 0.3) is 0 Å². The zero-order chi connectivity index (χ0) is 13.6. The number of hydrogen-bond donors (Lipinski definition) is 1. The van der Waals surface area contributed by atoms with Gasteiger partial charge < -0.3 is 10.0 Å². The molecular formula is C15H23NO3. The summed E-state index contributed by atoms with van der Waals surface area (Å²) < 4.78 is 0. The molecule has 0 heterocycles. The van der Waals surface area contributed by atoms with E-state index in [1.807, 2.05) is 0 Å². The standard InChI is InChI=1S/C15H23NO3/c1-16(13(17)12-9-11(12)10-5-6-10)15(14(18)19)7-3-2-4-8-15/h10-12H,2-9H2,1H3,(H,18,19). The predicted molar refractivity (Wildman–Crippen MR) is 70.5 cm³/mol. The minimum absolute atomic E-state index is 0.0844. The topological polar surface area (TPSA) is 57.6 Å². The quantitative estimate of drug-likeness (QED) is 0.848. The molecule has 0 radical (unpaired) electrons. The molecule has 0 aromatic carbocycles. The number of nitrogens with zero attached hydrogens (tertiary/aromatic N) is 1. The molecule has 4 heteroatoms. The lowest BCUT2D eigenvalue weighted by Gasteiger charge is -2.41. The third-order valence-electron chi connectivity index (χ3n) is 5.44. The Morgan fingerprint density at radius 2 is 1.79 bits per heavy atom. The molecule has 106 valence electrons. The summed E-state index contributed by atoms with van der Waals surface area (Å²) in [4.78, 5) is 25.8. The number of carboxylic acids is 1. The second kappa shape index (κ2) is 4.50. The average Bonchev–Trinajstić information content (AvgIpc) is 3.28. The lowest BCUT2D eigenvalue weighted by molar-refractivity contribution is -0.161. The Morgan fingerprint density at radius 3 is 2.32 bits per heavy atom. The Kier molecular flexibility index (Phi) is 3.06. The van der Waals surface area contributed by atoms with Crippen LogP contribution in [0.1, 0.15) is 51.4 Å². The molecule has 0 aromatic heterocycles. The number of amides is 1. The Balaban J connectivity index is 1.71. The van der Waals surface area contributed by atoms with Crippen molar-refractivity contribution in [2.75, 3.05) is 7.05 Å². The van der Waals surface area contributed by atoms with Crippen molar-refractivity contribution in [3.05, 3.63) is 0 Å². The van der Waals surface area contributed by atoms with Gasteiger partial charge in [0, 0.05) is 13.0 Å². The fourth-order valence-electron chi connectivity index (χ4n) is 3.83. The fraction of sp³-hybridized carbons (Fsp3) is 0.867. The van der Waals surface area contributed by atoms with E-state index in [-0.39, 0.29) is 11.8 Å². The highest BCUT2D eigenvalue weighted by molar-refractivity contribution is 5.89. The Morgan fingerprint density at radius 1 is 1.16 bits per heavy atom. The van der Waals surface area contributed by atoms with Crippen LogP contribution >= 0.6 is 0 Å². The van der Waals surface area contributed by atoms with Gasteiger partial charge in [0.05, 0.1) is 0 Å². The summed E-state index contributed by atoms with van der Waals surface area (Å²) in [5.74, 6) is 0.711. The Hall–Kier alpha value is -1.06.